The smallest absolute Gasteiger partial charge is 0.347 e. The van der Waals surface area contributed by atoms with Gasteiger partial charge in [0, 0.05) is 6.07 Å². The summed E-state index contributed by atoms with van der Waals surface area (Å²) in [6.45, 7) is 0. The molecule has 0 saturated heterocycles. The normalized spacial score (nSPS) is 12.3. The Labute approximate surface area is 119 Å². The molecular weight excluding hydrogens is 276 g/mol. The molecule has 0 radical (unpaired) electrons. The van der Waals surface area contributed by atoms with Crippen LogP contribution in [0.5, 0.6) is 28.7 Å². The van der Waals surface area contributed by atoms with Gasteiger partial charge in [-0.1, -0.05) is 0 Å². The van der Waals surface area contributed by atoms with Crippen LogP contribution in [-0.4, -0.2) is 24.5 Å². The van der Waals surface area contributed by atoms with E-state index in [-0.39, 0.29) is 34.1 Å². The summed E-state index contributed by atoms with van der Waals surface area (Å²) in [5.74, 6) is -0.0643. The minimum Gasteiger partial charge on any atom is -0.507 e. The Bertz CT molecular complexity index is 750. The number of ether oxygens (including phenoxy) is 3. The number of phenolic OH excluding ortho intramolecular Hbond substituents is 1. The highest BCUT2D eigenvalue weighted by molar-refractivity contribution is 5.99. The molecule has 6 heteroatoms. The number of phenols is 1. The average Bonchev–Trinajstić information content (AvgIpc) is 2.62. The van der Waals surface area contributed by atoms with E-state index < -0.39 is 5.97 Å². The van der Waals surface area contributed by atoms with Crippen molar-refractivity contribution in [3.63, 3.8) is 0 Å². The summed E-state index contributed by atoms with van der Waals surface area (Å²) in [6.07, 6.45) is 0.427. The van der Waals surface area contributed by atoms with Crippen molar-refractivity contribution in [2.24, 2.45) is 0 Å². The highest BCUT2D eigenvalue weighted by Crippen LogP contribution is 2.42. The summed E-state index contributed by atoms with van der Waals surface area (Å²) < 4.78 is 15.9. The van der Waals surface area contributed by atoms with Crippen LogP contribution in [0, 0.1) is 0 Å². The largest absolute Gasteiger partial charge is 0.507 e. The van der Waals surface area contributed by atoms with Crippen molar-refractivity contribution in [2.75, 3.05) is 7.11 Å². The fourth-order valence-electron chi connectivity index (χ4n) is 2.02. The topological polar surface area (TPSA) is 82.1 Å². The van der Waals surface area contributed by atoms with Crippen LogP contribution in [0.25, 0.3) is 0 Å². The van der Waals surface area contributed by atoms with E-state index in [0.29, 0.717) is 12.0 Å². The van der Waals surface area contributed by atoms with Crippen LogP contribution in [0.4, 0.5) is 0 Å². The molecule has 0 aromatic heterocycles. The van der Waals surface area contributed by atoms with Gasteiger partial charge in [-0.25, -0.2) is 4.79 Å². The number of carbonyl (C=O) groups excluding carboxylic acids is 2. The van der Waals surface area contributed by atoms with Crippen LogP contribution in [0.2, 0.25) is 0 Å². The second-order valence-electron chi connectivity index (χ2n) is 4.30. The van der Waals surface area contributed by atoms with Gasteiger partial charge in [0.2, 0.25) is 0 Å². The summed E-state index contributed by atoms with van der Waals surface area (Å²) in [5.41, 5.74) is -0.0433. The molecule has 0 atom stereocenters. The molecule has 2 aromatic carbocycles. The Balaban J connectivity index is 2.20. The van der Waals surface area contributed by atoms with Crippen LogP contribution in [-0.2, 0) is 0 Å². The Hall–Kier alpha value is -3.02. The number of hydrogen-bond acceptors (Lipinski definition) is 6. The fraction of sp³-hybridized carbons (Fsp3) is 0.0667. The van der Waals surface area contributed by atoms with E-state index >= 15 is 0 Å². The molecule has 0 fully saturated rings. The molecule has 1 aliphatic heterocycles. The maximum absolute atomic E-state index is 12.1. The van der Waals surface area contributed by atoms with Crippen LogP contribution in [0.3, 0.4) is 0 Å². The number of esters is 1. The van der Waals surface area contributed by atoms with E-state index in [1.165, 1.54) is 25.3 Å². The van der Waals surface area contributed by atoms with E-state index in [4.69, 9.17) is 14.2 Å². The molecule has 1 heterocycles. The zero-order valence-electron chi connectivity index (χ0n) is 11.0. The van der Waals surface area contributed by atoms with Crippen molar-refractivity contribution in [1.29, 1.82) is 0 Å². The van der Waals surface area contributed by atoms with Crippen molar-refractivity contribution >= 4 is 12.3 Å². The van der Waals surface area contributed by atoms with Crippen LogP contribution in [0.1, 0.15) is 20.7 Å². The summed E-state index contributed by atoms with van der Waals surface area (Å²) in [7, 11) is 1.48. The molecule has 0 aliphatic carbocycles. The van der Waals surface area contributed by atoms with Gasteiger partial charge in [0.15, 0.2) is 23.5 Å². The summed E-state index contributed by atoms with van der Waals surface area (Å²) >= 11 is 0. The molecule has 0 unspecified atom stereocenters. The predicted octanol–water partition coefficient (Wildman–Crippen LogP) is 2.54. The third-order valence-electron chi connectivity index (χ3n) is 3.08. The van der Waals surface area contributed by atoms with Crippen LogP contribution in [0.15, 0.2) is 30.3 Å². The monoisotopic (exact) mass is 286 g/mol. The van der Waals surface area contributed by atoms with Crippen LogP contribution >= 0.6 is 0 Å². The maximum Gasteiger partial charge on any atom is 0.347 e. The van der Waals surface area contributed by atoms with Gasteiger partial charge in [-0.05, 0) is 24.3 Å². The van der Waals surface area contributed by atoms with Gasteiger partial charge in [-0.15, -0.1) is 0 Å². The molecule has 0 bridgehead atoms. The number of methoxy groups -OCH3 is 1. The first-order chi connectivity index (χ1) is 10.1. The lowest BCUT2D eigenvalue weighted by Gasteiger charge is -2.10. The molecule has 6 nitrogen and oxygen atoms in total. The minimum atomic E-state index is -0.680. The fourth-order valence-corrected chi connectivity index (χ4v) is 2.02. The van der Waals surface area contributed by atoms with E-state index in [1.54, 1.807) is 12.1 Å². The third-order valence-corrected chi connectivity index (χ3v) is 3.08. The second kappa shape index (κ2) is 4.82. The first kappa shape index (κ1) is 13.0. The van der Waals surface area contributed by atoms with Crippen LogP contribution < -0.4 is 14.2 Å². The molecule has 106 valence electrons. The Morgan fingerprint density at radius 2 is 1.95 bits per heavy atom. The number of fused-ring (bicyclic) bond motifs is 2. The molecule has 0 spiro atoms. The molecule has 2 aromatic rings. The molecule has 0 saturated carbocycles. The van der Waals surface area contributed by atoms with Crippen molar-refractivity contribution in [1.82, 2.24) is 0 Å². The molecular formula is C15H10O6. The van der Waals surface area contributed by atoms with Gasteiger partial charge in [0.25, 0.3) is 0 Å². The lowest BCUT2D eigenvalue weighted by Crippen LogP contribution is -2.08. The first-order valence-electron chi connectivity index (χ1n) is 6.03. The number of rotatable bonds is 2. The number of benzene rings is 2. The predicted molar refractivity (Wildman–Crippen MR) is 71.5 cm³/mol. The number of carbonyl (C=O) groups is 2. The van der Waals surface area contributed by atoms with Gasteiger partial charge in [-0.3, -0.25) is 4.79 Å². The molecule has 1 N–H and O–H groups in total. The quantitative estimate of drug-likeness (QED) is 0.519. The highest BCUT2D eigenvalue weighted by Gasteiger charge is 2.27. The zero-order chi connectivity index (χ0) is 15.0. The van der Waals surface area contributed by atoms with E-state index in [9.17, 15) is 14.7 Å². The Kier molecular flexibility index (Phi) is 2.98. The summed E-state index contributed by atoms with van der Waals surface area (Å²) in [5, 5.41) is 9.69. The Morgan fingerprint density at radius 3 is 2.67 bits per heavy atom. The van der Waals surface area contributed by atoms with Gasteiger partial charge in [0.05, 0.1) is 12.7 Å². The summed E-state index contributed by atoms with van der Waals surface area (Å²) in [4.78, 5) is 23.2. The number of hydrogen-bond donors (Lipinski definition) is 1. The SMILES string of the molecule is COc1ccc2c(c1)OC(=O)c1ccc(O)c(C=O)c1O2. The number of aldehydes is 1. The zero-order valence-corrected chi connectivity index (χ0v) is 11.0. The molecule has 1 aliphatic rings. The van der Waals surface area contributed by atoms with Gasteiger partial charge < -0.3 is 19.3 Å². The molecule has 3 rings (SSSR count). The van der Waals surface area contributed by atoms with E-state index in [2.05, 4.69) is 0 Å². The average molecular weight is 286 g/mol. The van der Waals surface area contributed by atoms with E-state index in [0.717, 1.165) is 0 Å². The molecule has 0 amide bonds. The van der Waals surface area contributed by atoms with Crippen molar-refractivity contribution in [2.45, 2.75) is 0 Å². The lowest BCUT2D eigenvalue weighted by atomic mass is 10.1. The first-order valence-corrected chi connectivity index (χ1v) is 6.03. The van der Waals surface area contributed by atoms with Crippen molar-refractivity contribution < 1.29 is 28.9 Å². The van der Waals surface area contributed by atoms with Gasteiger partial charge >= 0.3 is 5.97 Å². The van der Waals surface area contributed by atoms with E-state index in [1.807, 2.05) is 0 Å². The maximum atomic E-state index is 12.1. The van der Waals surface area contributed by atoms with Crippen molar-refractivity contribution in [3.8, 4) is 28.7 Å². The minimum absolute atomic E-state index is 0.0288. The van der Waals surface area contributed by atoms with Gasteiger partial charge in [-0.2, -0.15) is 0 Å². The van der Waals surface area contributed by atoms with Gasteiger partial charge in [0.1, 0.15) is 17.1 Å². The standard InChI is InChI=1S/C15H10O6/c1-19-8-2-5-12-13(6-8)21-15(18)9-3-4-11(17)10(7-16)14(9)20-12/h2-7,17H,1H3. The van der Waals surface area contributed by atoms with Crippen molar-refractivity contribution in [3.05, 3.63) is 41.5 Å². The Morgan fingerprint density at radius 1 is 1.14 bits per heavy atom. The molecule has 21 heavy (non-hydrogen) atoms. The summed E-state index contributed by atoms with van der Waals surface area (Å²) in [6, 6.07) is 7.25. The highest BCUT2D eigenvalue weighted by atomic mass is 16.6. The lowest BCUT2D eigenvalue weighted by molar-refractivity contribution is 0.0737. The second-order valence-corrected chi connectivity index (χ2v) is 4.30. The number of aromatic hydroxyl groups is 1. The third kappa shape index (κ3) is 2.06.